The van der Waals surface area contributed by atoms with Crippen LogP contribution in [0, 0.1) is 22.7 Å². The van der Waals surface area contributed by atoms with Gasteiger partial charge in [-0.2, -0.15) is 15.2 Å². The van der Waals surface area contributed by atoms with Crippen LogP contribution >= 0.6 is 11.8 Å². The van der Waals surface area contributed by atoms with Gasteiger partial charge in [0.15, 0.2) is 0 Å². The fraction of sp³-hybridized carbons (Fsp3) is 0.105. The number of aromatic nitrogens is 4. The molecule has 0 fully saturated rings. The van der Waals surface area contributed by atoms with Crippen LogP contribution in [0.15, 0.2) is 71.4 Å². The predicted molar refractivity (Wildman–Crippen MR) is 99.1 cm³/mol. The normalized spacial score (nSPS) is 11.2. The molecule has 0 N–H and O–H groups in total. The monoisotopic (exact) mass is 358 g/mol. The van der Waals surface area contributed by atoms with Gasteiger partial charge in [-0.25, -0.2) is 0 Å². The second-order valence-corrected chi connectivity index (χ2v) is 6.66. The Morgan fingerprint density at radius 3 is 2.23 bits per heavy atom. The first-order valence-corrected chi connectivity index (χ1v) is 8.72. The Hall–Kier alpha value is -3.42. The average Bonchev–Trinajstić information content (AvgIpc) is 3.15. The van der Waals surface area contributed by atoms with Crippen LogP contribution in [0.3, 0.4) is 0 Å². The van der Waals surface area contributed by atoms with E-state index in [0.717, 1.165) is 11.3 Å². The molecule has 0 saturated carbocycles. The van der Waals surface area contributed by atoms with Gasteiger partial charge < -0.3 is 0 Å². The van der Waals surface area contributed by atoms with Crippen molar-refractivity contribution in [3.8, 4) is 17.8 Å². The van der Waals surface area contributed by atoms with Crippen LogP contribution in [-0.2, 0) is 0 Å². The van der Waals surface area contributed by atoms with Crippen LogP contribution in [-0.4, -0.2) is 25.5 Å². The number of hydrogen-bond acceptors (Lipinski definition) is 6. The molecule has 7 heteroatoms. The molecule has 0 bridgehead atoms. The smallest absolute Gasteiger partial charge is 0.192 e. The molecule has 3 rings (SSSR count). The van der Waals surface area contributed by atoms with Crippen molar-refractivity contribution in [3.63, 3.8) is 0 Å². The van der Waals surface area contributed by atoms with Gasteiger partial charge in [0, 0.05) is 10.8 Å². The lowest BCUT2D eigenvalue weighted by atomic mass is 9.98. The molecule has 0 amide bonds. The van der Waals surface area contributed by atoms with Crippen molar-refractivity contribution in [1.82, 2.24) is 20.2 Å². The minimum absolute atomic E-state index is 0.0925. The third-order valence-electron chi connectivity index (χ3n) is 3.71. The first-order valence-electron chi connectivity index (χ1n) is 7.85. The summed E-state index contributed by atoms with van der Waals surface area (Å²) in [6, 6.07) is 23.0. The number of thioether (sulfide) groups is 1. The highest BCUT2D eigenvalue weighted by atomic mass is 32.2. The van der Waals surface area contributed by atoms with Gasteiger partial charge in [0.1, 0.15) is 17.7 Å². The Bertz CT molecular complexity index is 980. The summed E-state index contributed by atoms with van der Waals surface area (Å²) in [4.78, 5) is 0. The molecular weight excluding hydrogens is 344 g/mol. The molecule has 0 aliphatic carbocycles. The molecule has 126 valence electrons. The maximum Gasteiger partial charge on any atom is 0.214 e. The number of rotatable bonds is 5. The second kappa shape index (κ2) is 8.11. The van der Waals surface area contributed by atoms with Crippen LogP contribution in [0.4, 0.5) is 0 Å². The van der Waals surface area contributed by atoms with Crippen molar-refractivity contribution in [1.29, 1.82) is 10.5 Å². The van der Waals surface area contributed by atoms with E-state index in [4.69, 9.17) is 0 Å². The van der Waals surface area contributed by atoms with Gasteiger partial charge in [-0.15, -0.1) is 5.10 Å². The fourth-order valence-electron chi connectivity index (χ4n) is 2.55. The fourth-order valence-corrected chi connectivity index (χ4v) is 3.56. The highest BCUT2D eigenvalue weighted by molar-refractivity contribution is 8.00. The molecule has 1 heterocycles. The van der Waals surface area contributed by atoms with Gasteiger partial charge >= 0.3 is 0 Å². The summed E-state index contributed by atoms with van der Waals surface area (Å²) in [5.41, 5.74) is 2.45. The zero-order valence-electron chi connectivity index (χ0n) is 13.9. The first kappa shape index (κ1) is 17.4. The molecular formula is C19H14N6S. The van der Waals surface area contributed by atoms with E-state index in [1.165, 1.54) is 11.8 Å². The van der Waals surface area contributed by atoms with Gasteiger partial charge in [0.2, 0.25) is 5.16 Å². The topological polar surface area (TPSA) is 91.2 Å². The first-order chi connectivity index (χ1) is 12.7. The Labute approximate surface area is 155 Å². The van der Waals surface area contributed by atoms with Crippen molar-refractivity contribution < 1.29 is 0 Å². The Morgan fingerprint density at radius 1 is 1.00 bits per heavy atom. The summed E-state index contributed by atoms with van der Waals surface area (Å²) in [6.45, 7) is 1.94. The van der Waals surface area contributed by atoms with Crippen LogP contribution < -0.4 is 0 Å². The Morgan fingerprint density at radius 2 is 1.62 bits per heavy atom. The minimum atomic E-state index is -0.194. The molecule has 0 spiro atoms. The largest absolute Gasteiger partial charge is 0.214 e. The number of para-hydroxylation sites is 1. The summed E-state index contributed by atoms with van der Waals surface area (Å²) >= 11 is 1.40. The minimum Gasteiger partial charge on any atom is -0.192 e. The van der Waals surface area contributed by atoms with Crippen molar-refractivity contribution >= 4 is 17.3 Å². The number of tetrazole rings is 1. The molecule has 2 aromatic carbocycles. The number of benzene rings is 2. The SMILES string of the molecule is CC(Sc1nnnn1-c1ccccc1)C(=C(C#N)C#N)c1ccccc1. The van der Waals surface area contributed by atoms with E-state index in [0.29, 0.717) is 10.7 Å². The van der Waals surface area contributed by atoms with Crippen LogP contribution in [0.5, 0.6) is 0 Å². The molecule has 1 unspecified atom stereocenters. The van der Waals surface area contributed by atoms with E-state index < -0.39 is 0 Å². The molecule has 26 heavy (non-hydrogen) atoms. The molecule has 6 nitrogen and oxygen atoms in total. The zero-order chi connectivity index (χ0) is 18.4. The standard InChI is InChI=1S/C19H14N6S/c1-14(18(16(12-20)13-21)15-8-4-2-5-9-15)26-19-22-23-24-25(19)17-10-6-3-7-11-17/h2-11,14H,1H3. The van der Waals surface area contributed by atoms with Gasteiger partial charge in [-0.3, -0.25) is 0 Å². The summed E-state index contributed by atoms with van der Waals surface area (Å²) < 4.78 is 1.64. The molecule has 0 radical (unpaired) electrons. The van der Waals surface area contributed by atoms with Gasteiger partial charge in [0.25, 0.3) is 0 Å². The maximum atomic E-state index is 9.38. The zero-order valence-corrected chi connectivity index (χ0v) is 14.8. The Kier molecular flexibility index (Phi) is 5.43. The third-order valence-corrected chi connectivity index (χ3v) is 4.76. The van der Waals surface area contributed by atoms with Crippen LogP contribution in [0.2, 0.25) is 0 Å². The highest BCUT2D eigenvalue weighted by Crippen LogP contribution is 2.34. The summed E-state index contributed by atoms with van der Waals surface area (Å²) in [5, 5.41) is 31.1. The molecule has 0 aliphatic rings. The summed E-state index contributed by atoms with van der Waals surface area (Å²) in [7, 11) is 0. The molecule has 3 aromatic rings. The van der Waals surface area contributed by atoms with E-state index in [2.05, 4.69) is 15.5 Å². The van der Waals surface area contributed by atoms with E-state index in [1.54, 1.807) is 4.68 Å². The van der Waals surface area contributed by atoms with E-state index in [1.807, 2.05) is 79.7 Å². The van der Waals surface area contributed by atoms with E-state index in [9.17, 15) is 10.5 Å². The van der Waals surface area contributed by atoms with E-state index >= 15 is 0 Å². The summed E-state index contributed by atoms with van der Waals surface area (Å²) in [5.74, 6) is 0. The number of allylic oxidation sites excluding steroid dienone is 1. The lowest BCUT2D eigenvalue weighted by Crippen LogP contribution is -2.07. The van der Waals surface area contributed by atoms with Crippen LogP contribution in [0.1, 0.15) is 12.5 Å². The predicted octanol–water partition coefficient (Wildman–Crippen LogP) is 3.64. The molecule has 1 atom stereocenters. The average molecular weight is 358 g/mol. The third kappa shape index (κ3) is 3.64. The quantitative estimate of drug-likeness (QED) is 0.511. The van der Waals surface area contributed by atoms with Crippen LogP contribution in [0.25, 0.3) is 11.3 Å². The molecule has 0 aliphatic heterocycles. The molecule has 1 aromatic heterocycles. The van der Waals surface area contributed by atoms with Crippen molar-refractivity contribution in [2.24, 2.45) is 0 Å². The lowest BCUT2D eigenvalue weighted by Gasteiger charge is -2.16. The van der Waals surface area contributed by atoms with Gasteiger partial charge in [0.05, 0.1) is 5.69 Å². The lowest BCUT2D eigenvalue weighted by molar-refractivity contribution is 0.756. The Balaban J connectivity index is 1.98. The second-order valence-electron chi connectivity index (χ2n) is 5.35. The van der Waals surface area contributed by atoms with Gasteiger partial charge in [-0.05, 0) is 35.0 Å². The van der Waals surface area contributed by atoms with Gasteiger partial charge in [-0.1, -0.05) is 60.3 Å². The van der Waals surface area contributed by atoms with Crippen molar-refractivity contribution in [2.45, 2.75) is 17.3 Å². The highest BCUT2D eigenvalue weighted by Gasteiger charge is 2.21. The number of nitrogens with zero attached hydrogens (tertiary/aromatic N) is 6. The van der Waals surface area contributed by atoms with Crippen molar-refractivity contribution in [2.75, 3.05) is 0 Å². The number of hydrogen-bond donors (Lipinski definition) is 0. The molecule has 0 saturated heterocycles. The van der Waals surface area contributed by atoms with Crippen molar-refractivity contribution in [3.05, 3.63) is 71.8 Å². The summed E-state index contributed by atoms with van der Waals surface area (Å²) in [6.07, 6.45) is 0. The number of nitriles is 2. The van der Waals surface area contributed by atoms with E-state index in [-0.39, 0.29) is 10.8 Å². The maximum absolute atomic E-state index is 9.38.